The highest BCUT2D eigenvalue weighted by Crippen LogP contribution is 2.22. The van der Waals surface area contributed by atoms with Gasteiger partial charge in [-0.15, -0.1) is 0 Å². The molecule has 144 valence electrons. The Balaban J connectivity index is 2.19. The minimum atomic E-state index is -0.571. The molecule has 0 aromatic heterocycles. The predicted octanol–water partition coefficient (Wildman–Crippen LogP) is 3.52. The van der Waals surface area contributed by atoms with Gasteiger partial charge in [-0.25, -0.2) is 0 Å². The van der Waals surface area contributed by atoms with Crippen LogP contribution in [-0.4, -0.2) is 35.8 Å². The molecule has 0 aliphatic heterocycles. The van der Waals surface area contributed by atoms with Crippen molar-refractivity contribution in [3.63, 3.8) is 0 Å². The molecular formula is C22H29N3O2. The summed E-state index contributed by atoms with van der Waals surface area (Å²) in [4.78, 5) is 27.1. The highest BCUT2D eigenvalue weighted by atomic mass is 16.2. The molecule has 0 aliphatic rings. The largest absolute Gasteiger partial charge is 0.350 e. The second-order valence-electron chi connectivity index (χ2n) is 7.88. The van der Waals surface area contributed by atoms with Gasteiger partial charge in [0.15, 0.2) is 0 Å². The number of aryl methyl sites for hydroxylation is 1. The van der Waals surface area contributed by atoms with Gasteiger partial charge in [-0.1, -0.05) is 48.0 Å². The topological polar surface area (TPSA) is 61.4 Å². The molecule has 0 aliphatic carbocycles. The fraction of sp³-hybridized carbons (Fsp3) is 0.364. The van der Waals surface area contributed by atoms with E-state index in [-0.39, 0.29) is 23.9 Å². The molecule has 0 heterocycles. The number of rotatable bonds is 6. The first kappa shape index (κ1) is 20.6. The lowest BCUT2D eigenvalue weighted by Crippen LogP contribution is -2.47. The standard InChI is InChI=1S/C22H29N3O2/c1-16-11-13-18(14-12-16)23-21(27)20(17-9-7-6-8-10-17)25(5)15-19(26)24-22(2,3)4/h6-14,20H,15H2,1-5H3,(H,23,27)(H,24,26)/t20-/m0/s1. The molecular weight excluding hydrogens is 338 g/mol. The maximum atomic E-state index is 13.0. The van der Waals surface area contributed by atoms with Crippen molar-refractivity contribution in [1.82, 2.24) is 10.2 Å². The number of carbonyl (C=O) groups excluding carboxylic acids is 2. The van der Waals surface area contributed by atoms with Gasteiger partial charge < -0.3 is 10.6 Å². The first-order chi connectivity index (χ1) is 12.7. The van der Waals surface area contributed by atoms with Crippen molar-refractivity contribution in [3.05, 3.63) is 65.7 Å². The molecule has 0 saturated heterocycles. The van der Waals surface area contributed by atoms with Crippen LogP contribution in [0.2, 0.25) is 0 Å². The third kappa shape index (κ3) is 6.53. The Morgan fingerprint density at radius 1 is 1.00 bits per heavy atom. The second-order valence-corrected chi connectivity index (χ2v) is 7.88. The summed E-state index contributed by atoms with van der Waals surface area (Å²) in [5.74, 6) is -0.287. The SMILES string of the molecule is Cc1ccc(NC(=O)[C@H](c2ccccc2)N(C)CC(=O)NC(C)(C)C)cc1. The van der Waals surface area contributed by atoms with Crippen LogP contribution in [0.5, 0.6) is 0 Å². The summed E-state index contributed by atoms with van der Waals surface area (Å²) in [7, 11) is 1.79. The Kier molecular flexibility index (Phi) is 6.75. The quantitative estimate of drug-likeness (QED) is 0.821. The number of carbonyl (C=O) groups is 2. The van der Waals surface area contributed by atoms with Gasteiger partial charge in [-0.3, -0.25) is 14.5 Å². The van der Waals surface area contributed by atoms with Gasteiger partial charge in [0.25, 0.3) is 0 Å². The van der Waals surface area contributed by atoms with Crippen molar-refractivity contribution < 1.29 is 9.59 Å². The lowest BCUT2D eigenvalue weighted by atomic mass is 10.0. The summed E-state index contributed by atoms with van der Waals surface area (Å²) in [6.07, 6.45) is 0. The molecule has 27 heavy (non-hydrogen) atoms. The Morgan fingerprint density at radius 2 is 1.59 bits per heavy atom. The van der Waals surface area contributed by atoms with Crippen LogP contribution in [-0.2, 0) is 9.59 Å². The van der Waals surface area contributed by atoms with Crippen LogP contribution in [0.1, 0.15) is 37.9 Å². The van der Waals surface area contributed by atoms with Crippen molar-refractivity contribution in [2.45, 2.75) is 39.3 Å². The monoisotopic (exact) mass is 367 g/mol. The van der Waals surface area contributed by atoms with E-state index in [1.165, 1.54) is 0 Å². The van der Waals surface area contributed by atoms with Crippen LogP contribution in [0.3, 0.4) is 0 Å². The minimum absolute atomic E-state index is 0.117. The number of amides is 2. The number of hydrogen-bond acceptors (Lipinski definition) is 3. The van der Waals surface area contributed by atoms with E-state index < -0.39 is 6.04 Å². The molecule has 5 nitrogen and oxygen atoms in total. The van der Waals surface area contributed by atoms with E-state index in [2.05, 4.69) is 10.6 Å². The zero-order chi connectivity index (χ0) is 20.0. The fourth-order valence-electron chi connectivity index (χ4n) is 2.86. The zero-order valence-corrected chi connectivity index (χ0v) is 16.7. The molecule has 2 aromatic carbocycles. The first-order valence-electron chi connectivity index (χ1n) is 9.09. The molecule has 2 aromatic rings. The molecule has 0 fully saturated rings. The van der Waals surface area contributed by atoms with Crippen molar-refractivity contribution in [2.24, 2.45) is 0 Å². The summed E-state index contributed by atoms with van der Waals surface area (Å²) in [6.45, 7) is 7.93. The van der Waals surface area contributed by atoms with Gasteiger partial charge in [0.05, 0.1) is 6.54 Å². The lowest BCUT2D eigenvalue weighted by Gasteiger charge is -2.29. The van der Waals surface area contributed by atoms with Gasteiger partial charge in [0, 0.05) is 11.2 Å². The van der Waals surface area contributed by atoms with Crippen molar-refractivity contribution >= 4 is 17.5 Å². The minimum Gasteiger partial charge on any atom is -0.350 e. The normalized spacial score (nSPS) is 12.5. The van der Waals surface area contributed by atoms with Crippen LogP contribution in [0.15, 0.2) is 54.6 Å². The number of likely N-dealkylation sites (N-methyl/N-ethyl adjacent to an activating group) is 1. The summed E-state index contributed by atoms with van der Waals surface area (Å²) < 4.78 is 0. The van der Waals surface area contributed by atoms with E-state index in [0.29, 0.717) is 0 Å². The van der Waals surface area contributed by atoms with Crippen LogP contribution < -0.4 is 10.6 Å². The Hall–Kier alpha value is -2.66. The summed E-state index contributed by atoms with van der Waals surface area (Å²) in [5.41, 5.74) is 2.39. The van der Waals surface area contributed by atoms with E-state index >= 15 is 0 Å². The maximum absolute atomic E-state index is 13.0. The van der Waals surface area contributed by atoms with Crippen LogP contribution in [0.25, 0.3) is 0 Å². The average Bonchev–Trinajstić information content (AvgIpc) is 2.56. The Morgan fingerprint density at radius 3 is 2.15 bits per heavy atom. The highest BCUT2D eigenvalue weighted by Gasteiger charge is 2.27. The van der Waals surface area contributed by atoms with E-state index in [1.807, 2.05) is 82.3 Å². The molecule has 0 spiro atoms. The Bertz CT molecular complexity index is 764. The van der Waals surface area contributed by atoms with E-state index in [0.717, 1.165) is 16.8 Å². The third-order valence-corrected chi connectivity index (χ3v) is 4.03. The lowest BCUT2D eigenvalue weighted by molar-refractivity contribution is -0.126. The number of benzene rings is 2. The van der Waals surface area contributed by atoms with E-state index in [9.17, 15) is 9.59 Å². The molecule has 1 atom stereocenters. The molecule has 0 bridgehead atoms. The summed E-state index contributed by atoms with van der Waals surface area (Å²) in [5, 5.41) is 5.90. The van der Waals surface area contributed by atoms with Gasteiger partial charge in [0.1, 0.15) is 6.04 Å². The van der Waals surface area contributed by atoms with E-state index in [1.54, 1.807) is 11.9 Å². The van der Waals surface area contributed by atoms with Crippen LogP contribution >= 0.6 is 0 Å². The summed E-state index contributed by atoms with van der Waals surface area (Å²) >= 11 is 0. The molecule has 5 heteroatoms. The highest BCUT2D eigenvalue weighted by molar-refractivity contribution is 5.96. The Labute approximate surface area is 161 Å². The smallest absolute Gasteiger partial charge is 0.246 e. The van der Waals surface area contributed by atoms with Gasteiger partial charge >= 0.3 is 0 Å². The van der Waals surface area contributed by atoms with Crippen molar-refractivity contribution in [2.75, 3.05) is 18.9 Å². The van der Waals surface area contributed by atoms with Crippen molar-refractivity contribution in [3.8, 4) is 0 Å². The molecule has 0 unspecified atom stereocenters. The zero-order valence-electron chi connectivity index (χ0n) is 16.7. The number of nitrogens with zero attached hydrogens (tertiary/aromatic N) is 1. The van der Waals surface area contributed by atoms with Crippen molar-refractivity contribution in [1.29, 1.82) is 0 Å². The third-order valence-electron chi connectivity index (χ3n) is 4.03. The van der Waals surface area contributed by atoms with Crippen LogP contribution in [0.4, 0.5) is 5.69 Å². The molecule has 0 saturated carbocycles. The average molecular weight is 367 g/mol. The predicted molar refractivity (Wildman–Crippen MR) is 110 cm³/mol. The maximum Gasteiger partial charge on any atom is 0.246 e. The summed E-state index contributed by atoms with van der Waals surface area (Å²) in [6, 6.07) is 16.6. The molecule has 0 radical (unpaired) electrons. The van der Waals surface area contributed by atoms with Gasteiger partial charge in [-0.2, -0.15) is 0 Å². The number of hydrogen-bond donors (Lipinski definition) is 2. The fourth-order valence-corrected chi connectivity index (χ4v) is 2.86. The van der Waals surface area contributed by atoms with Gasteiger partial charge in [-0.05, 0) is 52.4 Å². The molecule has 2 amide bonds. The number of anilines is 1. The molecule has 2 N–H and O–H groups in total. The van der Waals surface area contributed by atoms with Crippen LogP contribution in [0, 0.1) is 6.92 Å². The van der Waals surface area contributed by atoms with E-state index in [4.69, 9.17) is 0 Å². The second kappa shape index (κ2) is 8.82. The van der Waals surface area contributed by atoms with Gasteiger partial charge in [0.2, 0.25) is 11.8 Å². The number of nitrogens with one attached hydrogen (secondary N) is 2. The first-order valence-corrected chi connectivity index (χ1v) is 9.09. The molecule has 2 rings (SSSR count).